The van der Waals surface area contributed by atoms with Crippen molar-refractivity contribution in [3.05, 3.63) is 54.6 Å². The number of anilines is 1. The van der Waals surface area contributed by atoms with E-state index in [9.17, 15) is 14.7 Å². The van der Waals surface area contributed by atoms with Gasteiger partial charge in [-0.25, -0.2) is 9.67 Å². The van der Waals surface area contributed by atoms with Gasteiger partial charge in [-0.05, 0) is 42.4 Å². The molecule has 26 heavy (non-hydrogen) atoms. The lowest BCUT2D eigenvalue weighted by atomic mass is 9.62. The first-order valence-electron chi connectivity index (χ1n) is 8.75. The second kappa shape index (κ2) is 6.74. The Kier molecular flexibility index (Phi) is 4.28. The fourth-order valence-electron chi connectivity index (χ4n) is 4.11. The monoisotopic (exact) mass is 352 g/mol. The van der Waals surface area contributed by atoms with E-state index in [2.05, 4.69) is 15.4 Å². The fourth-order valence-corrected chi connectivity index (χ4v) is 4.11. The Hall–Kier alpha value is -2.96. The summed E-state index contributed by atoms with van der Waals surface area (Å²) in [7, 11) is 0. The zero-order chi connectivity index (χ0) is 18.1. The second-order valence-corrected chi connectivity index (χ2v) is 6.96. The number of carbonyl (C=O) groups excluding carboxylic acids is 1. The number of nitrogens with one attached hydrogen (secondary N) is 1. The van der Waals surface area contributed by atoms with Gasteiger partial charge in [0.25, 0.3) is 0 Å². The molecular formula is C19H20N4O3. The van der Waals surface area contributed by atoms with Crippen molar-refractivity contribution >= 4 is 17.6 Å². The quantitative estimate of drug-likeness (QED) is 0.804. The molecule has 134 valence electrons. The molecule has 4 atom stereocenters. The van der Waals surface area contributed by atoms with Crippen molar-refractivity contribution in [1.82, 2.24) is 14.8 Å². The number of nitrogens with zero attached hydrogens (tertiary/aromatic N) is 3. The van der Waals surface area contributed by atoms with Crippen LogP contribution in [-0.4, -0.2) is 31.7 Å². The average molecular weight is 352 g/mol. The van der Waals surface area contributed by atoms with Crippen molar-refractivity contribution in [3.8, 4) is 0 Å². The summed E-state index contributed by atoms with van der Waals surface area (Å²) >= 11 is 0. The standard InChI is InChI=1S/C19H20N4O3/c24-18(16-13-3-5-14(6-4-13)17(16)19(25)26)22-15-7-1-12(2-8-15)9-23-11-20-10-21-23/h1-3,5,7-8,10-11,13-14,16-17H,4,6,9H2,(H,22,24)(H,25,26)/t13-,14+,16-,17+/m0/s1. The minimum absolute atomic E-state index is 0.00712. The number of aliphatic carboxylic acids is 1. The third-order valence-corrected chi connectivity index (χ3v) is 5.37. The lowest BCUT2D eigenvalue weighted by Gasteiger charge is -2.41. The molecule has 1 amide bonds. The molecule has 1 aromatic carbocycles. The molecule has 0 spiro atoms. The molecule has 1 aromatic heterocycles. The number of carboxylic acid groups (broad SMARTS) is 1. The van der Waals surface area contributed by atoms with Gasteiger partial charge >= 0.3 is 5.97 Å². The van der Waals surface area contributed by atoms with Gasteiger partial charge in [-0.15, -0.1) is 0 Å². The maximum absolute atomic E-state index is 12.8. The molecule has 3 aliphatic carbocycles. The zero-order valence-electron chi connectivity index (χ0n) is 14.2. The first-order valence-corrected chi connectivity index (χ1v) is 8.75. The number of hydrogen-bond donors (Lipinski definition) is 2. The van der Waals surface area contributed by atoms with E-state index < -0.39 is 17.8 Å². The maximum Gasteiger partial charge on any atom is 0.307 e. The molecule has 1 heterocycles. The van der Waals surface area contributed by atoms with Crippen LogP contribution in [0.15, 0.2) is 49.1 Å². The summed E-state index contributed by atoms with van der Waals surface area (Å²) < 4.78 is 1.72. The topological polar surface area (TPSA) is 97.1 Å². The molecule has 7 nitrogen and oxygen atoms in total. The molecule has 0 radical (unpaired) electrons. The van der Waals surface area contributed by atoms with Crippen LogP contribution in [0.1, 0.15) is 18.4 Å². The number of aromatic nitrogens is 3. The van der Waals surface area contributed by atoms with E-state index in [0.717, 1.165) is 18.4 Å². The maximum atomic E-state index is 12.8. The Balaban J connectivity index is 1.45. The first kappa shape index (κ1) is 16.5. The van der Waals surface area contributed by atoms with E-state index in [-0.39, 0.29) is 17.7 Å². The van der Waals surface area contributed by atoms with Crippen LogP contribution in [0.2, 0.25) is 0 Å². The predicted molar refractivity (Wildman–Crippen MR) is 94.2 cm³/mol. The molecule has 1 saturated carbocycles. The van der Waals surface area contributed by atoms with E-state index in [0.29, 0.717) is 12.2 Å². The van der Waals surface area contributed by atoms with Gasteiger partial charge in [0.2, 0.25) is 5.91 Å². The zero-order valence-corrected chi connectivity index (χ0v) is 14.2. The van der Waals surface area contributed by atoms with Crippen LogP contribution in [0.25, 0.3) is 0 Å². The van der Waals surface area contributed by atoms with Gasteiger partial charge in [0.1, 0.15) is 12.7 Å². The number of benzene rings is 1. The number of amides is 1. The number of fused-ring (bicyclic) bond motifs is 2. The molecule has 1 fully saturated rings. The summed E-state index contributed by atoms with van der Waals surface area (Å²) in [5.74, 6) is -2.27. The van der Waals surface area contributed by atoms with Crippen LogP contribution in [0.3, 0.4) is 0 Å². The van der Waals surface area contributed by atoms with E-state index in [1.54, 1.807) is 11.0 Å². The Morgan fingerprint density at radius 2 is 1.81 bits per heavy atom. The molecule has 0 saturated heterocycles. The highest BCUT2D eigenvalue weighted by Gasteiger charge is 2.48. The van der Waals surface area contributed by atoms with Crippen molar-refractivity contribution in [2.45, 2.75) is 19.4 Å². The van der Waals surface area contributed by atoms with Gasteiger partial charge in [0.05, 0.1) is 18.4 Å². The molecule has 0 unspecified atom stereocenters. The lowest BCUT2D eigenvalue weighted by Crippen LogP contribution is -2.47. The Morgan fingerprint density at radius 3 is 2.38 bits per heavy atom. The third kappa shape index (κ3) is 3.12. The SMILES string of the molecule is O=C(Nc1ccc(Cn2cncn2)cc1)[C@@H]1[C@H](C(=O)O)[C@@H]2C=C[C@H]1CC2. The number of rotatable bonds is 5. The van der Waals surface area contributed by atoms with Crippen molar-refractivity contribution in [3.63, 3.8) is 0 Å². The largest absolute Gasteiger partial charge is 0.481 e. The highest BCUT2D eigenvalue weighted by molar-refractivity contribution is 5.96. The smallest absolute Gasteiger partial charge is 0.307 e. The van der Waals surface area contributed by atoms with Crippen molar-refractivity contribution in [2.24, 2.45) is 23.7 Å². The van der Waals surface area contributed by atoms with Crippen molar-refractivity contribution in [1.29, 1.82) is 0 Å². The number of allylic oxidation sites excluding steroid dienone is 2. The van der Waals surface area contributed by atoms with Gasteiger partial charge in [0, 0.05) is 5.69 Å². The summed E-state index contributed by atoms with van der Waals surface area (Å²) in [5, 5.41) is 16.5. The highest BCUT2D eigenvalue weighted by atomic mass is 16.4. The summed E-state index contributed by atoms with van der Waals surface area (Å²) in [5.41, 5.74) is 1.71. The van der Waals surface area contributed by atoms with Gasteiger partial charge in [-0.1, -0.05) is 24.3 Å². The number of carboxylic acids is 1. The number of carbonyl (C=O) groups is 2. The molecule has 3 aliphatic rings. The van der Waals surface area contributed by atoms with Crippen molar-refractivity contribution < 1.29 is 14.7 Å². The predicted octanol–water partition coefficient (Wildman–Crippen LogP) is 2.18. The van der Waals surface area contributed by atoms with E-state index >= 15 is 0 Å². The lowest BCUT2D eigenvalue weighted by molar-refractivity contribution is -0.151. The van der Waals surface area contributed by atoms with Crippen LogP contribution < -0.4 is 5.32 Å². The van der Waals surface area contributed by atoms with Gasteiger partial charge in [-0.2, -0.15) is 5.10 Å². The molecule has 0 aliphatic heterocycles. The summed E-state index contributed by atoms with van der Waals surface area (Å²) in [4.78, 5) is 28.4. The minimum Gasteiger partial charge on any atom is -0.481 e. The minimum atomic E-state index is -0.882. The van der Waals surface area contributed by atoms with Crippen LogP contribution >= 0.6 is 0 Å². The van der Waals surface area contributed by atoms with Crippen LogP contribution in [-0.2, 0) is 16.1 Å². The molecule has 2 aromatic rings. The fraction of sp³-hybridized carbons (Fsp3) is 0.368. The molecule has 2 N–H and O–H groups in total. The first-order chi connectivity index (χ1) is 12.6. The van der Waals surface area contributed by atoms with Crippen LogP contribution in [0, 0.1) is 23.7 Å². The molecule has 7 heteroatoms. The molecule has 5 rings (SSSR count). The summed E-state index contributed by atoms with van der Waals surface area (Å²) in [6.07, 6.45) is 8.83. The Labute approximate surface area is 150 Å². The summed E-state index contributed by atoms with van der Waals surface area (Å²) in [6, 6.07) is 7.49. The molecular weight excluding hydrogens is 332 g/mol. The van der Waals surface area contributed by atoms with Gasteiger partial charge < -0.3 is 10.4 Å². The van der Waals surface area contributed by atoms with E-state index in [1.165, 1.54) is 6.33 Å². The van der Waals surface area contributed by atoms with Crippen molar-refractivity contribution in [2.75, 3.05) is 5.32 Å². The third-order valence-electron chi connectivity index (χ3n) is 5.37. The highest BCUT2D eigenvalue weighted by Crippen LogP contribution is 2.45. The van der Waals surface area contributed by atoms with Gasteiger partial charge in [-0.3, -0.25) is 9.59 Å². The van der Waals surface area contributed by atoms with Crippen LogP contribution in [0.5, 0.6) is 0 Å². The van der Waals surface area contributed by atoms with Crippen LogP contribution in [0.4, 0.5) is 5.69 Å². The van der Waals surface area contributed by atoms with Gasteiger partial charge in [0.15, 0.2) is 0 Å². The summed E-state index contributed by atoms with van der Waals surface area (Å²) in [6.45, 7) is 0.604. The van der Waals surface area contributed by atoms with E-state index in [1.807, 2.05) is 36.4 Å². The molecule has 2 bridgehead atoms. The number of hydrogen-bond acceptors (Lipinski definition) is 4. The Morgan fingerprint density at radius 1 is 1.12 bits per heavy atom. The second-order valence-electron chi connectivity index (χ2n) is 6.96. The Bertz CT molecular complexity index is 829. The normalized spacial score (nSPS) is 26.6. The average Bonchev–Trinajstić information content (AvgIpc) is 3.16. The van der Waals surface area contributed by atoms with E-state index in [4.69, 9.17) is 0 Å².